The Kier molecular flexibility index (Phi) is 5.97. The van der Waals surface area contributed by atoms with Gasteiger partial charge in [0.15, 0.2) is 0 Å². The van der Waals surface area contributed by atoms with E-state index in [0.29, 0.717) is 13.1 Å². The Balaban J connectivity index is 4.57. The van der Waals surface area contributed by atoms with Crippen LogP contribution in [0.3, 0.4) is 0 Å². The van der Waals surface area contributed by atoms with Gasteiger partial charge in [0.25, 0.3) is 0 Å². The highest BCUT2D eigenvalue weighted by molar-refractivity contribution is 7.90. The first kappa shape index (κ1) is 14.2. The molecule has 0 aliphatic rings. The van der Waals surface area contributed by atoms with Crippen molar-refractivity contribution >= 4 is 21.6 Å². The van der Waals surface area contributed by atoms with Gasteiger partial charge < -0.3 is 4.90 Å². The van der Waals surface area contributed by atoms with Crippen molar-refractivity contribution in [2.24, 2.45) is 0 Å². The van der Waals surface area contributed by atoms with Gasteiger partial charge in [-0.05, 0) is 21.0 Å². The van der Waals surface area contributed by atoms with Gasteiger partial charge in [-0.1, -0.05) is 6.92 Å². The van der Waals surface area contributed by atoms with Crippen molar-refractivity contribution in [2.75, 3.05) is 32.4 Å². The smallest absolute Gasteiger partial charge is 0.228 e. The lowest BCUT2D eigenvalue weighted by Gasteiger charge is -2.28. The van der Waals surface area contributed by atoms with Crippen LogP contribution in [0, 0.1) is 0 Å². The number of halogens is 1. The van der Waals surface area contributed by atoms with Crippen LogP contribution < -0.4 is 0 Å². The van der Waals surface area contributed by atoms with Crippen LogP contribution in [0.25, 0.3) is 0 Å². The molecule has 1 atom stereocenters. The topological polar surface area (TPSA) is 40.6 Å². The van der Waals surface area contributed by atoms with Crippen molar-refractivity contribution in [3.05, 3.63) is 0 Å². The van der Waals surface area contributed by atoms with Crippen molar-refractivity contribution in [3.63, 3.8) is 0 Å². The number of nitrogens with zero attached hydrogens (tertiary/aromatic N) is 2. The molecule has 0 heterocycles. The first-order valence-electron chi connectivity index (χ1n) is 4.55. The molecule has 6 heteroatoms. The monoisotopic (exact) mass is 242 g/mol. The minimum absolute atomic E-state index is 0.0428. The summed E-state index contributed by atoms with van der Waals surface area (Å²) >= 11 is 5.40. The van der Waals surface area contributed by atoms with E-state index in [2.05, 4.69) is 0 Å². The first-order chi connectivity index (χ1) is 6.35. The van der Waals surface area contributed by atoms with Crippen molar-refractivity contribution in [1.82, 2.24) is 9.21 Å². The third kappa shape index (κ3) is 4.13. The molecular weight excluding hydrogens is 224 g/mol. The van der Waals surface area contributed by atoms with Gasteiger partial charge in [0.2, 0.25) is 10.0 Å². The molecule has 0 aromatic rings. The van der Waals surface area contributed by atoms with Gasteiger partial charge in [-0.15, -0.1) is 11.6 Å². The van der Waals surface area contributed by atoms with E-state index in [1.165, 1.54) is 4.31 Å². The number of hydrogen-bond acceptors (Lipinski definition) is 3. The fourth-order valence-corrected chi connectivity index (χ4v) is 2.97. The van der Waals surface area contributed by atoms with Crippen molar-refractivity contribution < 1.29 is 8.42 Å². The number of likely N-dealkylation sites (N-methyl/N-ethyl adjacent to an activating group) is 2. The quantitative estimate of drug-likeness (QED) is 0.647. The van der Waals surface area contributed by atoms with Crippen LogP contribution in [0.1, 0.15) is 13.8 Å². The van der Waals surface area contributed by atoms with E-state index in [4.69, 9.17) is 11.6 Å². The third-order valence-electron chi connectivity index (χ3n) is 1.93. The highest BCUT2D eigenvalue weighted by Crippen LogP contribution is 2.09. The molecule has 0 aliphatic carbocycles. The summed E-state index contributed by atoms with van der Waals surface area (Å²) in [6.07, 6.45) is 0. The van der Waals surface area contributed by atoms with Crippen LogP contribution in [0.15, 0.2) is 0 Å². The standard InChI is InChI=1S/C8H19ClN2O2S/c1-5-11(14(12,13)7-9)8(2)6-10(3)4/h8H,5-7H2,1-4H3. The maximum atomic E-state index is 11.5. The predicted molar refractivity (Wildman–Crippen MR) is 60.0 cm³/mol. The summed E-state index contributed by atoms with van der Waals surface area (Å²) in [6, 6.07) is -0.0428. The van der Waals surface area contributed by atoms with E-state index in [1.54, 1.807) is 0 Å². The molecule has 4 nitrogen and oxygen atoms in total. The second-order valence-corrected chi connectivity index (χ2v) is 6.04. The van der Waals surface area contributed by atoms with Gasteiger partial charge in [0.1, 0.15) is 5.21 Å². The largest absolute Gasteiger partial charge is 0.308 e. The summed E-state index contributed by atoms with van der Waals surface area (Å²) in [5, 5.41) is -0.349. The predicted octanol–water partition coefficient (Wildman–Crippen LogP) is 0.785. The van der Waals surface area contributed by atoms with Crippen LogP contribution in [0.2, 0.25) is 0 Å². The molecule has 0 saturated carbocycles. The molecule has 0 amide bonds. The maximum Gasteiger partial charge on any atom is 0.228 e. The number of hydrogen-bond donors (Lipinski definition) is 0. The van der Waals surface area contributed by atoms with E-state index in [9.17, 15) is 8.42 Å². The first-order valence-corrected chi connectivity index (χ1v) is 6.69. The van der Waals surface area contributed by atoms with E-state index < -0.39 is 10.0 Å². The van der Waals surface area contributed by atoms with Crippen LogP contribution >= 0.6 is 11.6 Å². The van der Waals surface area contributed by atoms with E-state index in [1.807, 2.05) is 32.8 Å². The minimum atomic E-state index is -3.28. The summed E-state index contributed by atoms with van der Waals surface area (Å²) < 4.78 is 24.5. The van der Waals surface area contributed by atoms with Crippen LogP contribution in [-0.2, 0) is 10.0 Å². The number of alkyl halides is 1. The second-order valence-electron chi connectivity index (χ2n) is 3.54. The van der Waals surface area contributed by atoms with Gasteiger partial charge in [-0.2, -0.15) is 4.31 Å². The molecule has 0 N–H and O–H groups in total. The zero-order valence-corrected chi connectivity index (χ0v) is 10.8. The molecule has 0 radical (unpaired) electrons. The summed E-state index contributed by atoms with van der Waals surface area (Å²) in [5.74, 6) is 0. The van der Waals surface area contributed by atoms with Crippen LogP contribution in [-0.4, -0.2) is 56.1 Å². The van der Waals surface area contributed by atoms with E-state index in [-0.39, 0.29) is 11.3 Å². The Morgan fingerprint density at radius 2 is 1.86 bits per heavy atom. The molecule has 0 saturated heterocycles. The SMILES string of the molecule is CCN(C(C)CN(C)C)S(=O)(=O)CCl. The van der Waals surface area contributed by atoms with Crippen LogP contribution in [0.4, 0.5) is 0 Å². The van der Waals surface area contributed by atoms with Gasteiger partial charge in [-0.25, -0.2) is 8.42 Å². The highest BCUT2D eigenvalue weighted by atomic mass is 35.5. The summed E-state index contributed by atoms with van der Waals surface area (Å²) in [4.78, 5) is 1.96. The molecule has 0 fully saturated rings. The summed E-state index contributed by atoms with van der Waals surface area (Å²) in [6.45, 7) is 4.86. The highest BCUT2D eigenvalue weighted by Gasteiger charge is 2.24. The summed E-state index contributed by atoms with van der Waals surface area (Å²) in [5.41, 5.74) is 0. The minimum Gasteiger partial charge on any atom is -0.308 e. The summed E-state index contributed by atoms with van der Waals surface area (Å²) in [7, 11) is 0.546. The average molecular weight is 243 g/mol. The molecule has 14 heavy (non-hydrogen) atoms. The van der Waals surface area contributed by atoms with Gasteiger partial charge in [0, 0.05) is 19.1 Å². The Hall–Kier alpha value is 0.160. The normalized spacial score (nSPS) is 15.1. The Morgan fingerprint density at radius 3 is 2.14 bits per heavy atom. The molecule has 0 aromatic carbocycles. The second kappa shape index (κ2) is 5.90. The molecule has 0 rings (SSSR count). The number of sulfonamides is 1. The van der Waals surface area contributed by atoms with Gasteiger partial charge in [0.05, 0.1) is 0 Å². The average Bonchev–Trinajstić information content (AvgIpc) is 2.03. The van der Waals surface area contributed by atoms with E-state index in [0.717, 1.165) is 0 Å². The molecule has 0 aliphatic heterocycles. The molecule has 0 aromatic heterocycles. The van der Waals surface area contributed by atoms with Crippen molar-refractivity contribution in [1.29, 1.82) is 0 Å². The van der Waals surface area contributed by atoms with Gasteiger partial charge in [-0.3, -0.25) is 0 Å². The lowest BCUT2D eigenvalue weighted by Crippen LogP contribution is -2.44. The lowest BCUT2D eigenvalue weighted by molar-refractivity contribution is 0.272. The molecule has 0 bridgehead atoms. The van der Waals surface area contributed by atoms with Crippen molar-refractivity contribution in [3.8, 4) is 0 Å². The fourth-order valence-electron chi connectivity index (χ4n) is 1.46. The van der Waals surface area contributed by atoms with Crippen molar-refractivity contribution in [2.45, 2.75) is 19.9 Å². The molecule has 0 spiro atoms. The molecular formula is C8H19ClN2O2S. The zero-order valence-electron chi connectivity index (χ0n) is 9.20. The van der Waals surface area contributed by atoms with E-state index >= 15 is 0 Å². The Morgan fingerprint density at radius 1 is 1.36 bits per heavy atom. The van der Waals surface area contributed by atoms with Crippen LogP contribution in [0.5, 0.6) is 0 Å². The maximum absolute atomic E-state index is 11.5. The van der Waals surface area contributed by atoms with Gasteiger partial charge >= 0.3 is 0 Å². The fraction of sp³-hybridized carbons (Fsp3) is 1.00. The Labute approximate surface area is 91.9 Å². The molecule has 86 valence electrons. The zero-order chi connectivity index (χ0) is 11.4. The third-order valence-corrected chi connectivity index (χ3v) is 4.36. The number of rotatable bonds is 6. The lowest BCUT2D eigenvalue weighted by atomic mass is 10.3. The molecule has 1 unspecified atom stereocenters. The Bertz CT molecular complexity index is 254.